The Balaban J connectivity index is 2.04. The van der Waals surface area contributed by atoms with Gasteiger partial charge in [-0.2, -0.15) is 0 Å². The molecule has 0 unspecified atom stereocenters. The van der Waals surface area contributed by atoms with E-state index in [0.717, 1.165) is 36.2 Å². The SMILES string of the molecule is CS(=O)(=O)N(CCC(=O)NC1CCCCC1)c1cc(Cl)ccc1Cl. The van der Waals surface area contributed by atoms with Gasteiger partial charge in [-0.15, -0.1) is 0 Å². The number of hydrogen-bond donors (Lipinski definition) is 1. The first-order valence-corrected chi connectivity index (χ1v) is 10.6. The minimum absolute atomic E-state index is 0.0252. The number of nitrogens with zero attached hydrogens (tertiary/aromatic N) is 1. The van der Waals surface area contributed by atoms with Crippen LogP contribution in [0.25, 0.3) is 0 Å². The Bertz CT molecular complexity index is 689. The van der Waals surface area contributed by atoms with E-state index in [1.165, 1.54) is 12.5 Å². The number of carbonyl (C=O) groups is 1. The second-order valence-corrected chi connectivity index (χ2v) is 8.83. The van der Waals surface area contributed by atoms with Crippen LogP contribution in [0.3, 0.4) is 0 Å². The van der Waals surface area contributed by atoms with Crippen LogP contribution in [0.4, 0.5) is 5.69 Å². The molecule has 5 nitrogen and oxygen atoms in total. The zero-order valence-electron chi connectivity index (χ0n) is 13.6. The molecule has 1 aliphatic carbocycles. The highest BCUT2D eigenvalue weighted by atomic mass is 35.5. The highest BCUT2D eigenvalue weighted by Gasteiger charge is 2.22. The molecule has 0 spiro atoms. The third-order valence-electron chi connectivity index (χ3n) is 4.09. The lowest BCUT2D eigenvalue weighted by Crippen LogP contribution is -2.39. The molecule has 8 heteroatoms. The molecule has 0 bridgehead atoms. The van der Waals surface area contributed by atoms with Gasteiger partial charge in [0, 0.05) is 24.0 Å². The molecule has 1 saturated carbocycles. The first-order valence-electron chi connectivity index (χ1n) is 7.99. The largest absolute Gasteiger partial charge is 0.353 e. The molecular weight excluding hydrogens is 371 g/mol. The Hall–Kier alpha value is -0.980. The number of halogens is 2. The Morgan fingerprint density at radius 2 is 1.92 bits per heavy atom. The smallest absolute Gasteiger partial charge is 0.232 e. The fourth-order valence-corrected chi connectivity index (χ4v) is 4.26. The summed E-state index contributed by atoms with van der Waals surface area (Å²) in [6.45, 7) is 0.0252. The quantitative estimate of drug-likeness (QED) is 0.803. The second kappa shape index (κ2) is 8.41. The number of anilines is 1. The van der Waals surface area contributed by atoms with E-state index in [1.807, 2.05) is 0 Å². The van der Waals surface area contributed by atoms with Crippen molar-refractivity contribution in [1.82, 2.24) is 5.32 Å². The minimum Gasteiger partial charge on any atom is -0.353 e. The number of hydrogen-bond acceptors (Lipinski definition) is 3. The van der Waals surface area contributed by atoms with Gasteiger partial charge in [-0.1, -0.05) is 42.5 Å². The van der Waals surface area contributed by atoms with Crippen molar-refractivity contribution in [3.05, 3.63) is 28.2 Å². The maximum Gasteiger partial charge on any atom is 0.232 e. The van der Waals surface area contributed by atoms with Crippen molar-refractivity contribution in [3.8, 4) is 0 Å². The van der Waals surface area contributed by atoms with Gasteiger partial charge in [0.2, 0.25) is 15.9 Å². The standard InChI is InChI=1S/C16H22Cl2N2O3S/c1-24(22,23)20(15-11-12(17)7-8-14(15)18)10-9-16(21)19-13-5-3-2-4-6-13/h7-8,11,13H,2-6,9-10H2,1H3,(H,19,21). The minimum atomic E-state index is -3.58. The van der Waals surface area contributed by atoms with Crippen molar-refractivity contribution in [3.63, 3.8) is 0 Å². The molecule has 1 aromatic carbocycles. The van der Waals surface area contributed by atoms with Crippen LogP contribution in [0, 0.1) is 0 Å². The van der Waals surface area contributed by atoms with Gasteiger partial charge in [-0.25, -0.2) is 8.42 Å². The molecule has 0 radical (unpaired) electrons. The van der Waals surface area contributed by atoms with Gasteiger partial charge in [0.1, 0.15) is 0 Å². The van der Waals surface area contributed by atoms with Crippen LogP contribution < -0.4 is 9.62 Å². The van der Waals surface area contributed by atoms with Gasteiger partial charge >= 0.3 is 0 Å². The molecule has 1 aromatic rings. The summed E-state index contributed by atoms with van der Waals surface area (Å²) in [6.07, 6.45) is 6.59. The highest BCUT2D eigenvalue weighted by molar-refractivity contribution is 7.92. The zero-order valence-corrected chi connectivity index (χ0v) is 15.9. The molecule has 2 rings (SSSR count). The average Bonchev–Trinajstić information content (AvgIpc) is 2.50. The number of nitrogens with one attached hydrogen (secondary N) is 1. The normalized spacial score (nSPS) is 16.0. The number of rotatable bonds is 6. The number of sulfonamides is 1. The maximum atomic E-state index is 12.1. The van der Waals surface area contributed by atoms with Crippen LogP contribution in [-0.2, 0) is 14.8 Å². The third kappa shape index (κ3) is 5.53. The highest BCUT2D eigenvalue weighted by Crippen LogP contribution is 2.30. The fourth-order valence-electron chi connectivity index (χ4n) is 2.89. The topological polar surface area (TPSA) is 66.5 Å². The van der Waals surface area contributed by atoms with E-state index in [9.17, 15) is 13.2 Å². The van der Waals surface area contributed by atoms with Crippen LogP contribution in [0.2, 0.25) is 10.0 Å². The summed E-state index contributed by atoms with van der Waals surface area (Å²) in [6, 6.07) is 4.82. The number of amides is 1. The van der Waals surface area contributed by atoms with E-state index in [-0.39, 0.29) is 35.6 Å². The summed E-state index contributed by atoms with van der Waals surface area (Å²) >= 11 is 12.0. The summed E-state index contributed by atoms with van der Waals surface area (Å²) in [4.78, 5) is 12.1. The van der Waals surface area contributed by atoms with Gasteiger partial charge < -0.3 is 5.32 Å². The van der Waals surface area contributed by atoms with Crippen LogP contribution in [0.5, 0.6) is 0 Å². The Kier molecular flexibility index (Phi) is 6.78. The third-order valence-corrected chi connectivity index (χ3v) is 5.82. The van der Waals surface area contributed by atoms with E-state index in [4.69, 9.17) is 23.2 Å². The first-order chi connectivity index (χ1) is 11.3. The summed E-state index contributed by atoms with van der Waals surface area (Å²) in [5.41, 5.74) is 0.289. The maximum absolute atomic E-state index is 12.1. The van der Waals surface area contributed by atoms with Gasteiger partial charge in [0.25, 0.3) is 0 Å². The van der Waals surface area contributed by atoms with E-state index in [0.29, 0.717) is 5.02 Å². The number of benzene rings is 1. The molecule has 1 N–H and O–H groups in total. The monoisotopic (exact) mass is 392 g/mol. The molecule has 134 valence electrons. The predicted molar refractivity (Wildman–Crippen MR) is 98.3 cm³/mol. The summed E-state index contributed by atoms with van der Waals surface area (Å²) < 4.78 is 25.3. The van der Waals surface area contributed by atoms with Crippen LogP contribution in [-0.4, -0.2) is 33.2 Å². The fraction of sp³-hybridized carbons (Fsp3) is 0.562. The summed E-state index contributed by atoms with van der Waals surface area (Å²) in [7, 11) is -3.58. The Morgan fingerprint density at radius 3 is 2.54 bits per heavy atom. The summed E-state index contributed by atoms with van der Waals surface area (Å²) in [5, 5.41) is 3.64. The molecule has 0 aliphatic heterocycles. The molecule has 0 atom stereocenters. The van der Waals surface area contributed by atoms with Gasteiger partial charge in [0.15, 0.2) is 0 Å². The Labute approximate surface area is 153 Å². The molecule has 24 heavy (non-hydrogen) atoms. The Morgan fingerprint density at radius 1 is 1.25 bits per heavy atom. The lowest BCUT2D eigenvalue weighted by atomic mass is 9.95. The van der Waals surface area contributed by atoms with Crippen LogP contribution in [0.1, 0.15) is 38.5 Å². The van der Waals surface area contributed by atoms with Crippen molar-refractivity contribution in [2.24, 2.45) is 0 Å². The van der Waals surface area contributed by atoms with Crippen molar-refractivity contribution in [2.75, 3.05) is 17.1 Å². The summed E-state index contributed by atoms with van der Waals surface area (Å²) in [5.74, 6) is -0.145. The first kappa shape index (κ1) is 19.3. The molecule has 1 amide bonds. The van der Waals surface area contributed by atoms with Gasteiger partial charge in [-0.3, -0.25) is 9.10 Å². The molecular formula is C16H22Cl2N2O3S. The average molecular weight is 393 g/mol. The van der Waals surface area contributed by atoms with E-state index < -0.39 is 10.0 Å². The van der Waals surface area contributed by atoms with Crippen LogP contribution in [0.15, 0.2) is 18.2 Å². The van der Waals surface area contributed by atoms with E-state index in [2.05, 4.69) is 5.32 Å². The van der Waals surface area contributed by atoms with Gasteiger partial charge in [-0.05, 0) is 31.0 Å². The molecule has 0 heterocycles. The molecule has 0 aromatic heterocycles. The van der Waals surface area contributed by atoms with Gasteiger partial charge in [0.05, 0.1) is 17.0 Å². The molecule has 1 aliphatic rings. The van der Waals surface area contributed by atoms with E-state index >= 15 is 0 Å². The lowest BCUT2D eigenvalue weighted by Gasteiger charge is -2.25. The van der Waals surface area contributed by atoms with Crippen molar-refractivity contribution >= 4 is 44.8 Å². The van der Waals surface area contributed by atoms with Crippen molar-refractivity contribution < 1.29 is 13.2 Å². The van der Waals surface area contributed by atoms with Crippen molar-refractivity contribution in [2.45, 2.75) is 44.6 Å². The predicted octanol–water partition coefficient (Wildman–Crippen LogP) is 3.60. The molecule has 1 fully saturated rings. The van der Waals surface area contributed by atoms with E-state index in [1.54, 1.807) is 12.1 Å². The van der Waals surface area contributed by atoms with Crippen molar-refractivity contribution in [1.29, 1.82) is 0 Å². The number of carbonyl (C=O) groups excluding carboxylic acids is 1. The zero-order chi connectivity index (χ0) is 17.7. The lowest BCUT2D eigenvalue weighted by molar-refractivity contribution is -0.121. The van der Waals surface area contributed by atoms with Crippen LogP contribution >= 0.6 is 23.2 Å². The molecule has 0 saturated heterocycles. The second-order valence-electron chi connectivity index (χ2n) is 6.08.